The largest absolute Gasteiger partial charge is 0.375 e. The van der Waals surface area contributed by atoms with Gasteiger partial charge in [-0.3, -0.25) is 9.78 Å². The predicted molar refractivity (Wildman–Crippen MR) is 104 cm³/mol. The van der Waals surface area contributed by atoms with Crippen molar-refractivity contribution in [1.82, 2.24) is 9.97 Å². The average molecular weight is 373 g/mol. The number of aromatic nitrogens is 2. The number of carbonyl (C=O) groups excluding carboxylic acids is 1. The fourth-order valence-corrected chi connectivity index (χ4v) is 3.74. The van der Waals surface area contributed by atoms with Gasteiger partial charge >= 0.3 is 0 Å². The van der Waals surface area contributed by atoms with Gasteiger partial charge in [0.2, 0.25) is 0 Å². The third-order valence-corrected chi connectivity index (χ3v) is 5.05. The van der Waals surface area contributed by atoms with Gasteiger partial charge in [-0.15, -0.1) is 11.3 Å². The first-order valence-electron chi connectivity index (χ1n) is 7.63. The van der Waals surface area contributed by atoms with Crippen molar-refractivity contribution in [2.75, 3.05) is 24.3 Å². The Hall–Kier alpha value is -2.44. The van der Waals surface area contributed by atoms with Crippen LogP contribution in [0.1, 0.15) is 15.4 Å². The van der Waals surface area contributed by atoms with Crippen molar-refractivity contribution in [3.8, 4) is 10.7 Å². The fourth-order valence-electron chi connectivity index (χ4n) is 2.46. The SMILES string of the molecule is Cc1nc(-c2ccccn2)sc1C(=O)Nc1cccc(Cl)c1N(C)C. The number of nitrogens with one attached hydrogen (secondary N) is 1. The molecule has 2 aromatic heterocycles. The van der Waals surface area contributed by atoms with Crippen LogP contribution >= 0.6 is 22.9 Å². The summed E-state index contributed by atoms with van der Waals surface area (Å²) < 4.78 is 0. The number of anilines is 2. The molecule has 0 aliphatic heterocycles. The number of carbonyl (C=O) groups is 1. The Balaban J connectivity index is 1.91. The quantitative estimate of drug-likeness (QED) is 0.733. The Kier molecular flexibility index (Phi) is 5.01. The number of benzene rings is 1. The predicted octanol–water partition coefficient (Wildman–Crippen LogP) is 4.49. The van der Waals surface area contributed by atoms with E-state index in [0.717, 1.165) is 16.4 Å². The van der Waals surface area contributed by atoms with Crippen LogP contribution in [0.4, 0.5) is 11.4 Å². The molecular weight excluding hydrogens is 356 g/mol. The maximum atomic E-state index is 12.7. The van der Waals surface area contributed by atoms with Crippen molar-refractivity contribution in [3.05, 3.63) is 58.2 Å². The lowest BCUT2D eigenvalue weighted by Gasteiger charge is -2.19. The van der Waals surface area contributed by atoms with E-state index in [4.69, 9.17) is 11.6 Å². The summed E-state index contributed by atoms with van der Waals surface area (Å²) in [5.41, 5.74) is 2.86. The van der Waals surface area contributed by atoms with Crippen molar-refractivity contribution in [2.24, 2.45) is 0 Å². The summed E-state index contributed by atoms with van der Waals surface area (Å²) in [6, 6.07) is 11.1. The summed E-state index contributed by atoms with van der Waals surface area (Å²) in [6.45, 7) is 1.82. The average Bonchev–Trinajstić information content (AvgIpc) is 2.97. The summed E-state index contributed by atoms with van der Waals surface area (Å²) >= 11 is 7.58. The van der Waals surface area contributed by atoms with Crippen LogP contribution in [-0.4, -0.2) is 30.0 Å². The lowest BCUT2D eigenvalue weighted by Crippen LogP contribution is -2.17. The normalized spacial score (nSPS) is 10.6. The maximum absolute atomic E-state index is 12.7. The molecule has 0 unspecified atom stereocenters. The van der Waals surface area contributed by atoms with Crippen molar-refractivity contribution >= 4 is 40.2 Å². The minimum absolute atomic E-state index is 0.206. The minimum Gasteiger partial charge on any atom is -0.375 e. The van der Waals surface area contributed by atoms with Gasteiger partial charge in [-0.05, 0) is 31.2 Å². The summed E-state index contributed by atoms with van der Waals surface area (Å²) in [4.78, 5) is 23.9. The Morgan fingerprint density at radius 1 is 1.20 bits per heavy atom. The first-order chi connectivity index (χ1) is 12.0. The number of aryl methyl sites for hydroxylation is 1. The van der Waals surface area contributed by atoms with Crippen LogP contribution in [0.2, 0.25) is 5.02 Å². The van der Waals surface area contributed by atoms with Crippen LogP contribution in [0.15, 0.2) is 42.6 Å². The second-order valence-electron chi connectivity index (χ2n) is 5.63. The Morgan fingerprint density at radius 3 is 2.68 bits per heavy atom. The van der Waals surface area contributed by atoms with Crippen LogP contribution in [0.25, 0.3) is 10.7 Å². The highest BCUT2D eigenvalue weighted by molar-refractivity contribution is 7.17. The summed E-state index contributed by atoms with van der Waals surface area (Å²) in [5.74, 6) is -0.206. The molecule has 1 aromatic carbocycles. The molecule has 3 rings (SSSR count). The number of thiazole rings is 1. The second kappa shape index (κ2) is 7.21. The van der Waals surface area contributed by atoms with Gasteiger partial charge in [-0.1, -0.05) is 23.7 Å². The maximum Gasteiger partial charge on any atom is 0.267 e. The zero-order chi connectivity index (χ0) is 18.0. The molecule has 0 spiro atoms. The van der Waals surface area contributed by atoms with Crippen LogP contribution in [0.3, 0.4) is 0 Å². The summed E-state index contributed by atoms with van der Waals surface area (Å²) in [5, 5.41) is 4.25. The molecule has 1 amide bonds. The van der Waals surface area contributed by atoms with Gasteiger partial charge < -0.3 is 10.2 Å². The molecule has 0 saturated carbocycles. The van der Waals surface area contributed by atoms with E-state index in [9.17, 15) is 4.79 Å². The van der Waals surface area contributed by atoms with E-state index in [0.29, 0.717) is 21.3 Å². The molecule has 0 fully saturated rings. The fraction of sp³-hybridized carbons (Fsp3) is 0.167. The molecule has 1 N–H and O–H groups in total. The molecule has 3 aromatic rings. The number of amides is 1. The lowest BCUT2D eigenvalue weighted by molar-refractivity contribution is 0.103. The minimum atomic E-state index is -0.206. The van der Waals surface area contributed by atoms with E-state index < -0.39 is 0 Å². The van der Waals surface area contributed by atoms with Crippen LogP contribution < -0.4 is 10.2 Å². The molecule has 2 heterocycles. The molecule has 0 aliphatic rings. The van der Waals surface area contributed by atoms with Crippen molar-refractivity contribution < 1.29 is 4.79 Å². The number of pyridine rings is 1. The van der Waals surface area contributed by atoms with Gasteiger partial charge in [0.05, 0.1) is 27.8 Å². The molecule has 7 heteroatoms. The molecule has 0 aliphatic carbocycles. The number of nitrogens with zero attached hydrogens (tertiary/aromatic N) is 3. The summed E-state index contributed by atoms with van der Waals surface area (Å²) in [7, 11) is 3.77. The van der Waals surface area contributed by atoms with E-state index in [2.05, 4.69) is 15.3 Å². The standard InChI is InChI=1S/C18H17ClN4OS/c1-11-16(25-18(21-11)14-8-4-5-10-20-14)17(24)22-13-9-6-7-12(19)15(13)23(2)3/h4-10H,1-3H3,(H,22,24). The molecule has 0 bridgehead atoms. The first-order valence-corrected chi connectivity index (χ1v) is 8.83. The Bertz CT molecular complexity index is 909. The highest BCUT2D eigenvalue weighted by atomic mass is 35.5. The monoisotopic (exact) mass is 372 g/mol. The molecule has 128 valence electrons. The van der Waals surface area contributed by atoms with Gasteiger partial charge in [-0.25, -0.2) is 4.98 Å². The number of halogens is 1. The summed E-state index contributed by atoms with van der Waals surface area (Å²) in [6.07, 6.45) is 1.71. The topological polar surface area (TPSA) is 58.1 Å². The van der Waals surface area contributed by atoms with Crippen LogP contribution in [-0.2, 0) is 0 Å². The zero-order valence-electron chi connectivity index (χ0n) is 14.1. The van der Waals surface area contributed by atoms with E-state index >= 15 is 0 Å². The second-order valence-corrected chi connectivity index (χ2v) is 7.04. The van der Waals surface area contributed by atoms with Gasteiger partial charge in [0.25, 0.3) is 5.91 Å². The van der Waals surface area contributed by atoms with E-state index in [1.54, 1.807) is 12.3 Å². The van der Waals surface area contributed by atoms with Crippen molar-refractivity contribution in [1.29, 1.82) is 0 Å². The van der Waals surface area contributed by atoms with E-state index in [1.165, 1.54) is 11.3 Å². The molecule has 0 saturated heterocycles. The zero-order valence-corrected chi connectivity index (χ0v) is 15.6. The number of hydrogen-bond donors (Lipinski definition) is 1. The van der Waals surface area contributed by atoms with E-state index in [-0.39, 0.29) is 5.91 Å². The van der Waals surface area contributed by atoms with Crippen LogP contribution in [0.5, 0.6) is 0 Å². The van der Waals surface area contributed by atoms with Gasteiger partial charge in [0.15, 0.2) is 0 Å². The Morgan fingerprint density at radius 2 is 2.00 bits per heavy atom. The van der Waals surface area contributed by atoms with Gasteiger partial charge in [0, 0.05) is 20.3 Å². The van der Waals surface area contributed by atoms with E-state index in [1.807, 2.05) is 56.3 Å². The molecule has 0 atom stereocenters. The molecule has 0 radical (unpaired) electrons. The molecule has 25 heavy (non-hydrogen) atoms. The number of hydrogen-bond acceptors (Lipinski definition) is 5. The Labute approximate surface area is 155 Å². The first kappa shape index (κ1) is 17.4. The third-order valence-electron chi connectivity index (χ3n) is 3.57. The number of para-hydroxylation sites is 1. The molecule has 5 nitrogen and oxygen atoms in total. The number of rotatable bonds is 4. The van der Waals surface area contributed by atoms with Crippen LogP contribution in [0, 0.1) is 6.92 Å². The lowest BCUT2D eigenvalue weighted by atomic mass is 10.2. The smallest absolute Gasteiger partial charge is 0.267 e. The van der Waals surface area contributed by atoms with Crippen molar-refractivity contribution in [2.45, 2.75) is 6.92 Å². The highest BCUT2D eigenvalue weighted by Crippen LogP contribution is 2.33. The molecular formula is C18H17ClN4OS. The van der Waals surface area contributed by atoms with Gasteiger partial charge in [-0.2, -0.15) is 0 Å². The third kappa shape index (κ3) is 3.65. The van der Waals surface area contributed by atoms with Crippen molar-refractivity contribution in [3.63, 3.8) is 0 Å². The van der Waals surface area contributed by atoms with Gasteiger partial charge in [0.1, 0.15) is 9.88 Å². The highest BCUT2D eigenvalue weighted by Gasteiger charge is 2.19.